The van der Waals surface area contributed by atoms with Crippen LogP contribution in [0.3, 0.4) is 0 Å². The predicted octanol–water partition coefficient (Wildman–Crippen LogP) is 1.03. The molecule has 3 N–H and O–H groups in total. The first kappa shape index (κ1) is 12.4. The number of nitrogens with one attached hydrogen (secondary N) is 1. The molecule has 1 rings (SSSR count). The van der Waals surface area contributed by atoms with Gasteiger partial charge in [0.1, 0.15) is 5.56 Å². The molecular formula is C9H8N2O6. The average molecular weight is 240 g/mol. The Bertz CT molecular complexity index is 510. The molecule has 8 nitrogen and oxygen atoms in total. The van der Waals surface area contributed by atoms with Crippen LogP contribution in [0.2, 0.25) is 0 Å². The first-order valence-electron chi connectivity index (χ1n) is 4.35. The number of benzene rings is 1. The minimum atomic E-state index is -1.50. The zero-order valence-corrected chi connectivity index (χ0v) is 8.63. The van der Waals surface area contributed by atoms with Crippen LogP contribution in [-0.4, -0.2) is 34.1 Å². The van der Waals surface area contributed by atoms with E-state index in [-0.39, 0.29) is 11.3 Å². The van der Waals surface area contributed by atoms with Crippen LogP contribution in [0.1, 0.15) is 20.7 Å². The Kier molecular flexibility index (Phi) is 3.27. The maximum Gasteiger partial charge on any atom is 0.342 e. The lowest BCUT2D eigenvalue weighted by atomic mass is 10.1. The van der Waals surface area contributed by atoms with Crippen molar-refractivity contribution >= 4 is 23.3 Å². The molecule has 0 spiro atoms. The Balaban J connectivity index is 3.59. The predicted molar refractivity (Wildman–Crippen MR) is 56.6 cm³/mol. The summed E-state index contributed by atoms with van der Waals surface area (Å²) in [4.78, 5) is 31.3. The van der Waals surface area contributed by atoms with Crippen LogP contribution in [0.5, 0.6) is 0 Å². The Morgan fingerprint density at radius 1 is 1.24 bits per heavy atom. The second kappa shape index (κ2) is 4.47. The molecule has 0 unspecified atom stereocenters. The van der Waals surface area contributed by atoms with Gasteiger partial charge in [-0.1, -0.05) is 0 Å². The number of anilines is 1. The second-order valence-electron chi connectivity index (χ2n) is 3.03. The third kappa shape index (κ3) is 2.30. The van der Waals surface area contributed by atoms with E-state index in [0.717, 1.165) is 12.1 Å². The highest BCUT2D eigenvalue weighted by molar-refractivity contribution is 6.00. The summed E-state index contributed by atoms with van der Waals surface area (Å²) in [5, 5.41) is 30.7. The smallest absolute Gasteiger partial charge is 0.342 e. The maximum absolute atomic E-state index is 10.8. The molecule has 1 aromatic rings. The van der Waals surface area contributed by atoms with Gasteiger partial charge < -0.3 is 15.5 Å². The highest BCUT2D eigenvalue weighted by Gasteiger charge is 2.24. The van der Waals surface area contributed by atoms with Gasteiger partial charge in [-0.15, -0.1) is 0 Å². The van der Waals surface area contributed by atoms with E-state index in [1.54, 1.807) is 0 Å². The molecule has 0 aromatic heterocycles. The SMILES string of the molecule is CNc1cc(C(=O)O)c([N+](=O)[O-])cc1C(=O)O. The van der Waals surface area contributed by atoms with Crippen molar-refractivity contribution in [2.24, 2.45) is 0 Å². The van der Waals surface area contributed by atoms with Gasteiger partial charge in [-0.25, -0.2) is 9.59 Å². The number of hydrogen-bond acceptors (Lipinski definition) is 5. The first-order chi connectivity index (χ1) is 7.88. The number of nitrogens with zero attached hydrogens (tertiary/aromatic N) is 1. The van der Waals surface area contributed by atoms with Crippen LogP contribution in [-0.2, 0) is 0 Å². The van der Waals surface area contributed by atoms with E-state index in [0.29, 0.717) is 0 Å². The van der Waals surface area contributed by atoms with Gasteiger partial charge in [0.2, 0.25) is 0 Å². The van der Waals surface area contributed by atoms with Crippen LogP contribution >= 0.6 is 0 Å². The number of rotatable bonds is 4. The fourth-order valence-corrected chi connectivity index (χ4v) is 1.29. The summed E-state index contributed by atoms with van der Waals surface area (Å²) in [6.45, 7) is 0. The minimum absolute atomic E-state index is 0.000463. The van der Waals surface area contributed by atoms with E-state index in [1.807, 2.05) is 0 Å². The Hall–Kier alpha value is -2.64. The van der Waals surface area contributed by atoms with E-state index in [9.17, 15) is 19.7 Å². The summed E-state index contributed by atoms with van der Waals surface area (Å²) >= 11 is 0. The molecule has 0 saturated carbocycles. The molecule has 90 valence electrons. The zero-order chi connectivity index (χ0) is 13.2. The van der Waals surface area contributed by atoms with E-state index in [1.165, 1.54) is 7.05 Å². The van der Waals surface area contributed by atoms with Crippen molar-refractivity contribution in [3.05, 3.63) is 33.4 Å². The van der Waals surface area contributed by atoms with E-state index >= 15 is 0 Å². The number of aromatic carboxylic acids is 2. The highest BCUT2D eigenvalue weighted by Crippen LogP contribution is 2.27. The Morgan fingerprint density at radius 3 is 2.12 bits per heavy atom. The molecule has 0 aliphatic carbocycles. The molecule has 17 heavy (non-hydrogen) atoms. The Morgan fingerprint density at radius 2 is 1.76 bits per heavy atom. The summed E-state index contributed by atoms with van der Waals surface area (Å²) in [5.74, 6) is -2.88. The van der Waals surface area contributed by atoms with Crippen LogP contribution in [0.15, 0.2) is 12.1 Å². The van der Waals surface area contributed by atoms with Crippen molar-refractivity contribution in [2.75, 3.05) is 12.4 Å². The van der Waals surface area contributed by atoms with Crippen molar-refractivity contribution < 1.29 is 24.7 Å². The third-order valence-corrected chi connectivity index (χ3v) is 2.06. The van der Waals surface area contributed by atoms with Gasteiger partial charge in [-0.2, -0.15) is 0 Å². The molecule has 8 heteroatoms. The molecule has 0 atom stereocenters. The number of carboxylic acid groups (broad SMARTS) is 2. The molecule has 0 aliphatic heterocycles. The topological polar surface area (TPSA) is 130 Å². The van der Waals surface area contributed by atoms with Crippen LogP contribution in [0.25, 0.3) is 0 Å². The van der Waals surface area contributed by atoms with Gasteiger partial charge in [-0.3, -0.25) is 10.1 Å². The monoisotopic (exact) mass is 240 g/mol. The van der Waals surface area contributed by atoms with Crippen LogP contribution in [0, 0.1) is 10.1 Å². The zero-order valence-electron chi connectivity index (χ0n) is 8.63. The summed E-state index contributed by atoms with van der Waals surface area (Å²) in [6, 6.07) is 1.64. The second-order valence-corrected chi connectivity index (χ2v) is 3.03. The maximum atomic E-state index is 10.8. The van der Waals surface area contributed by atoms with Gasteiger partial charge in [0.05, 0.1) is 10.5 Å². The lowest BCUT2D eigenvalue weighted by Crippen LogP contribution is -2.09. The van der Waals surface area contributed by atoms with Gasteiger partial charge in [-0.05, 0) is 6.07 Å². The molecule has 1 aromatic carbocycles. The number of carboxylic acids is 2. The largest absolute Gasteiger partial charge is 0.478 e. The van der Waals surface area contributed by atoms with E-state index in [2.05, 4.69) is 5.32 Å². The van der Waals surface area contributed by atoms with Gasteiger partial charge in [0, 0.05) is 18.8 Å². The summed E-state index contributed by atoms with van der Waals surface area (Å²) in [7, 11) is 1.39. The number of carbonyl (C=O) groups is 2. The van der Waals surface area contributed by atoms with Gasteiger partial charge >= 0.3 is 11.9 Å². The molecule has 0 bridgehead atoms. The Labute approximate surface area is 94.6 Å². The normalized spacial score (nSPS) is 9.71. The fourth-order valence-electron chi connectivity index (χ4n) is 1.29. The van der Waals surface area contributed by atoms with Gasteiger partial charge in [0.15, 0.2) is 0 Å². The molecule has 0 aliphatic rings. The summed E-state index contributed by atoms with van der Waals surface area (Å²) in [6.07, 6.45) is 0. The molecule has 0 radical (unpaired) electrons. The molecule has 0 heterocycles. The number of hydrogen-bond donors (Lipinski definition) is 3. The van der Waals surface area contributed by atoms with Crippen molar-refractivity contribution in [2.45, 2.75) is 0 Å². The summed E-state index contributed by atoms with van der Waals surface area (Å²) < 4.78 is 0. The average Bonchev–Trinajstić information content (AvgIpc) is 2.26. The standard InChI is InChI=1S/C9H8N2O6/c1-10-6-2-5(9(14)15)7(11(16)17)3-4(6)8(12)13/h2-3,10H,1H3,(H,12,13)(H,14,15). The van der Waals surface area contributed by atoms with Crippen molar-refractivity contribution in [1.82, 2.24) is 0 Å². The van der Waals surface area contributed by atoms with Crippen LogP contribution < -0.4 is 5.32 Å². The van der Waals surface area contributed by atoms with Crippen molar-refractivity contribution in [3.63, 3.8) is 0 Å². The quantitative estimate of drug-likeness (QED) is 0.529. The van der Waals surface area contributed by atoms with Crippen LogP contribution in [0.4, 0.5) is 11.4 Å². The molecule has 0 saturated heterocycles. The van der Waals surface area contributed by atoms with Crippen molar-refractivity contribution in [1.29, 1.82) is 0 Å². The number of nitro groups is 1. The minimum Gasteiger partial charge on any atom is -0.478 e. The third-order valence-electron chi connectivity index (χ3n) is 2.06. The van der Waals surface area contributed by atoms with Gasteiger partial charge in [0.25, 0.3) is 5.69 Å². The number of nitro benzene ring substituents is 1. The van der Waals surface area contributed by atoms with E-state index in [4.69, 9.17) is 10.2 Å². The van der Waals surface area contributed by atoms with E-state index < -0.39 is 28.1 Å². The molecule has 0 fully saturated rings. The lowest BCUT2D eigenvalue weighted by Gasteiger charge is -2.07. The highest BCUT2D eigenvalue weighted by atomic mass is 16.6. The summed E-state index contributed by atoms with van der Waals surface area (Å²) in [5.41, 5.74) is -1.68. The molecule has 0 amide bonds. The van der Waals surface area contributed by atoms with Crippen molar-refractivity contribution in [3.8, 4) is 0 Å². The molecular weight excluding hydrogens is 232 g/mol. The first-order valence-corrected chi connectivity index (χ1v) is 4.35. The fraction of sp³-hybridized carbons (Fsp3) is 0.111. The lowest BCUT2D eigenvalue weighted by molar-refractivity contribution is -0.385.